The summed E-state index contributed by atoms with van der Waals surface area (Å²) >= 11 is 0. The summed E-state index contributed by atoms with van der Waals surface area (Å²) in [5, 5.41) is 3.32. The molecule has 3 rings (SSSR count). The average molecular weight is 375 g/mol. The molecule has 27 heavy (non-hydrogen) atoms. The Kier molecular flexibility index (Phi) is 6.21. The van der Waals surface area contributed by atoms with Crippen molar-refractivity contribution in [3.05, 3.63) is 28.7 Å². The van der Waals surface area contributed by atoms with Crippen LogP contribution in [-0.4, -0.2) is 42.5 Å². The molecule has 1 heterocycles. The second-order valence-electron chi connectivity index (χ2n) is 7.32. The Balaban J connectivity index is 1.77. The monoisotopic (exact) mass is 375 g/mol. The molecule has 7 heteroatoms. The van der Waals surface area contributed by atoms with E-state index >= 15 is 0 Å². The number of benzene rings is 1. The second-order valence-corrected chi connectivity index (χ2v) is 7.32. The van der Waals surface area contributed by atoms with Crippen LogP contribution >= 0.6 is 0 Å². The molecular formula is C20H29N3O4. The zero-order chi connectivity index (χ0) is 19.4. The van der Waals surface area contributed by atoms with Crippen molar-refractivity contribution < 1.29 is 14.3 Å². The number of aromatic nitrogens is 2. The number of ether oxygens (including phenoxy) is 2. The van der Waals surface area contributed by atoms with E-state index in [1.807, 2.05) is 29.8 Å². The average Bonchev–Trinajstić information content (AvgIpc) is 2.92. The maximum atomic E-state index is 12.8. The van der Waals surface area contributed by atoms with E-state index in [0.29, 0.717) is 19.1 Å². The molecule has 1 aromatic heterocycles. The number of methoxy groups -OCH3 is 2. The number of carbonyl (C=O) groups excluding carboxylic acids is 1. The second kappa shape index (κ2) is 8.61. The number of nitrogens with one attached hydrogen (secondary N) is 1. The Hall–Kier alpha value is -2.28. The fraction of sp³-hybridized carbons (Fsp3) is 0.600. The van der Waals surface area contributed by atoms with E-state index in [9.17, 15) is 9.59 Å². The van der Waals surface area contributed by atoms with Gasteiger partial charge in [-0.15, -0.1) is 0 Å². The first-order valence-corrected chi connectivity index (χ1v) is 9.55. The highest BCUT2D eigenvalue weighted by Crippen LogP contribution is 2.31. The molecule has 0 atom stereocenters. The Morgan fingerprint density at radius 3 is 2.59 bits per heavy atom. The van der Waals surface area contributed by atoms with E-state index in [-0.39, 0.29) is 17.6 Å². The van der Waals surface area contributed by atoms with Gasteiger partial charge < -0.3 is 14.8 Å². The number of esters is 1. The minimum Gasteiger partial charge on any atom is -0.469 e. The third-order valence-corrected chi connectivity index (χ3v) is 5.60. The van der Waals surface area contributed by atoms with Gasteiger partial charge in [-0.1, -0.05) is 0 Å². The fourth-order valence-corrected chi connectivity index (χ4v) is 4.00. The molecule has 0 saturated heterocycles. The van der Waals surface area contributed by atoms with E-state index in [1.165, 1.54) is 7.11 Å². The van der Waals surface area contributed by atoms with Crippen LogP contribution in [0.4, 0.5) is 5.69 Å². The summed E-state index contributed by atoms with van der Waals surface area (Å²) in [6.45, 7) is 2.03. The Labute approximate surface area is 159 Å². The lowest BCUT2D eigenvalue weighted by molar-refractivity contribution is -0.146. The molecule has 0 radical (unpaired) electrons. The number of hydrogen-bond donors (Lipinski definition) is 1. The molecule has 7 nitrogen and oxygen atoms in total. The summed E-state index contributed by atoms with van der Waals surface area (Å²) < 4.78 is 13.5. The van der Waals surface area contributed by atoms with Gasteiger partial charge in [0, 0.05) is 32.9 Å². The molecule has 0 aliphatic heterocycles. The Morgan fingerprint density at radius 2 is 1.93 bits per heavy atom. The predicted molar refractivity (Wildman–Crippen MR) is 105 cm³/mol. The van der Waals surface area contributed by atoms with E-state index in [4.69, 9.17) is 9.47 Å². The Morgan fingerprint density at radius 1 is 1.19 bits per heavy atom. The summed E-state index contributed by atoms with van der Waals surface area (Å²) in [6, 6.07) is 6.01. The van der Waals surface area contributed by atoms with Crippen LogP contribution in [0.3, 0.4) is 0 Å². The van der Waals surface area contributed by atoms with Crippen LogP contribution in [0.5, 0.6) is 0 Å². The number of aryl methyl sites for hydroxylation is 1. The van der Waals surface area contributed by atoms with Gasteiger partial charge in [-0.3, -0.25) is 13.9 Å². The number of hydrogen-bond acceptors (Lipinski definition) is 5. The lowest BCUT2D eigenvalue weighted by Gasteiger charge is -2.27. The number of fused-ring (bicyclic) bond motifs is 1. The van der Waals surface area contributed by atoms with Crippen molar-refractivity contribution in [2.24, 2.45) is 18.9 Å². The van der Waals surface area contributed by atoms with Gasteiger partial charge in [0.1, 0.15) is 0 Å². The molecule has 1 saturated carbocycles. The topological polar surface area (TPSA) is 74.5 Å². The molecule has 0 spiro atoms. The van der Waals surface area contributed by atoms with Gasteiger partial charge in [-0.2, -0.15) is 0 Å². The third kappa shape index (κ3) is 4.18. The predicted octanol–water partition coefficient (Wildman–Crippen LogP) is 2.38. The van der Waals surface area contributed by atoms with Gasteiger partial charge in [0.15, 0.2) is 0 Å². The van der Waals surface area contributed by atoms with E-state index in [0.717, 1.165) is 48.9 Å². The summed E-state index contributed by atoms with van der Waals surface area (Å²) in [5.74, 6) is 0.300. The van der Waals surface area contributed by atoms with Crippen molar-refractivity contribution in [2.75, 3.05) is 32.7 Å². The van der Waals surface area contributed by atoms with Crippen molar-refractivity contribution in [2.45, 2.75) is 32.2 Å². The smallest absolute Gasteiger partial charge is 0.328 e. The van der Waals surface area contributed by atoms with Gasteiger partial charge >= 0.3 is 11.7 Å². The molecule has 2 aromatic rings. The summed E-state index contributed by atoms with van der Waals surface area (Å²) in [7, 11) is 4.93. The number of rotatable bonds is 7. The normalized spacial score (nSPS) is 20.0. The number of imidazole rings is 1. The largest absolute Gasteiger partial charge is 0.469 e. The van der Waals surface area contributed by atoms with Gasteiger partial charge in [0.05, 0.1) is 30.7 Å². The van der Waals surface area contributed by atoms with Crippen LogP contribution in [0.15, 0.2) is 23.0 Å². The van der Waals surface area contributed by atoms with Gasteiger partial charge in [-0.05, 0) is 49.8 Å². The summed E-state index contributed by atoms with van der Waals surface area (Å²) in [4.78, 5) is 24.5. The summed E-state index contributed by atoms with van der Waals surface area (Å²) in [6.07, 6.45) is 3.55. The number of nitrogens with zero attached hydrogens (tertiary/aromatic N) is 2. The van der Waals surface area contributed by atoms with Crippen LogP contribution < -0.4 is 11.0 Å². The zero-order valence-corrected chi connectivity index (χ0v) is 16.4. The molecule has 0 unspecified atom stereocenters. The number of carbonyl (C=O) groups is 1. The highest BCUT2D eigenvalue weighted by Gasteiger charge is 2.27. The highest BCUT2D eigenvalue weighted by atomic mass is 16.5. The lowest BCUT2D eigenvalue weighted by Crippen LogP contribution is -2.29. The summed E-state index contributed by atoms with van der Waals surface area (Å²) in [5.41, 5.74) is 2.86. The molecule has 1 fully saturated rings. The first-order chi connectivity index (χ1) is 13.0. The van der Waals surface area contributed by atoms with Crippen molar-refractivity contribution in [1.82, 2.24) is 9.13 Å². The molecule has 1 aliphatic rings. The van der Waals surface area contributed by atoms with Gasteiger partial charge in [-0.25, -0.2) is 4.79 Å². The van der Waals surface area contributed by atoms with Crippen LogP contribution in [0.1, 0.15) is 25.7 Å². The van der Waals surface area contributed by atoms with Crippen molar-refractivity contribution in [1.29, 1.82) is 0 Å². The van der Waals surface area contributed by atoms with Crippen LogP contribution in [0.25, 0.3) is 11.0 Å². The SMILES string of the molecule is COCCNc1ccc2c(c1)n(C[C@H]1CC[C@H](C(=O)OC)CC1)c(=O)n2C. The standard InChI is InChI=1S/C20H29N3O4/c1-22-17-9-8-16(21-10-11-26-2)12-18(17)23(20(22)25)13-14-4-6-15(7-5-14)19(24)27-3/h8-9,12,14-15,21H,4-7,10-11,13H2,1-3H3/t14-,15-. The van der Waals surface area contributed by atoms with Crippen LogP contribution in [0.2, 0.25) is 0 Å². The molecule has 1 aliphatic carbocycles. The van der Waals surface area contributed by atoms with Crippen LogP contribution in [0, 0.1) is 11.8 Å². The van der Waals surface area contributed by atoms with Crippen molar-refractivity contribution >= 4 is 22.7 Å². The van der Waals surface area contributed by atoms with Crippen molar-refractivity contribution in [3.63, 3.8) is 0 Å². The molecule has 1 N–H and O–H groups in total. The molecule has 1 aromatic carbocycles. The van der Waals surface area contributed by atoms with Gasteiger partial charge in [0.25, 0.3) is 0 Å². The van der Waals surface area contributed by atoms with E-state index in [1.54, 1.807) is 11.7 Å². The lowest BCUT2D eigenvalue weighted by atomic mass is 9.82. The first kappa shape index (κ1) is 19.5. The molecule has 0 amide bonds. The maximum absolute atomic E-state index is 12.8. The highest BCUT2D eigenvalue weighted by molar-refractivity contribution is 5.80. The van der Waals surface area contributed by atoms with Gasteiger partial charge in [0.2, 0.25) is 0 Å². The molecular weight excluding hydrogens is 346 g/mol. The van der Waals surface area contributed by atoms with Crippen LogP contribution in [-0.2, 0) is 27.9 Å². The Bertz CT molecular complexity index is 847. The van der Waals surface area contributed by atoms with Crippen molar-refractivity contribution in [3.8, 4) is 0 Å². The van der Waals surface area contributed by atoms with E-state index < -0.39 is 0 Å². The molecule has 148 valence electrons. The molecule has 0 bridgehead atoms. The zero-order valence-electron chi connectivity index (χ0n) is 16.4. The maximum Gasteiger partial charge on any atom is 0.328 e. The number of anilines is 1. The first-order valence-electron chi connectivity index (χ1n) is 9.55. The van der Waals surface area contributed by atoms with E-state index in [2.05, 4.69) is 5.32 Å². The fourth-order valence-electron chi connectivity index (χ4n) is 4.00. The minimum absolute atomic E-state index is 0.00655. The third-order valence-electron chi connectivity index (χ3n) is 5.60. The minimum atomic E-state index is -0.109. The quantitative estimate of drug-likeness (QED) is 0.594.